The molecule has 0 bridgehead atoms. The molecule has 0 amide bonds. The second-order valence-electron chi connectivity index (χ2n) is 4.03. The van der Waals surface area contributed by atoms with Crippen molar-refractivity contribution in [2.75, 3.05) is 0 Å². The molecule has 0 radical (unpaired) electrons. The van der Waals surface area contributed by atoms with E-state index in [-0.39, 0.29) is 5.35 Å². The zero-order valence-electron chi connectivity index (χ0n) is 8.91. The number of benzene rings is 2. The van der Waals surface area contributed by atoms with E-state index in [0.29, 0.717) is 5.58 Å². The summed E-state index contributed by atoms with van der Waals surface area (Å²) in [6.07, 6.45) is 0. The van der Waals surface area contributed by atoms with Gasteiger partial charge in [0.2, 0.25) is 0 Å². The molecule has 0 aliphatic rings. The standard InChI is InChI=1S/C13H5Cl2NOS/c14-6-1-2-7-8-4-10-9(16-13(15)17-10)5-12(8)18-11(7)3-6/h1-5H. The first-order valence-corrected chi connectivity index (χ1v) is 6.86. The minimum absolute atomic E-state index is 0.176. The minimum atomic E-state index is 0.176. The fourth-order valence-corrected chi connectivity index (χ4v) is 3.71. The highest BCUT2D eigenvalue weighted by atomic mass is 35.5. The Balaban J connectivity index is 2.21. The van der Waals surface area contributed by atoms with Crippen molar-refractivity contribution in [3.8, 4) is 0 Å². The molecule has 2 heterocycles. The first-order chi connectivity index (χ1) is 8.70. The van der Waals surface area contributed by atoms with E-state index in [1.807, 2.05) is 30.3 Å². The largest absolute Gasteiger partial charge is 0.428 e. The maximum atomic E-state index is 6.01. The van der Waals surface area contributed by atoms with E-state index in [9.17, 15) is 0 Å². The predicted octanol–water partition coefficient (Wildman–Crippen LogP) is 5.50. The van der Waals surface area contributed by atoms with Crippen LogP contribution in [0.5, 0.6) is 0 Å². The van der Waals surface area contributed by atoms with Gasteiger partial charge in [0.05, 0.1) is 0 Å². The highest BCUT2D eigenvalue weighted by molar-refractivity contribution is 7.25. The maximum absolute atomic E-state index is 6.01. The molecule has 0 saturated carbocycles. The minimum Gasteiger partial charge on any atom is -0.428 e. The van der Waals surface area contributed by atoms with Crippen molar-refractivity contribution >= 4 is 65.8 Å². The number of nitrogens with zero attached hydrogens (tertiary/aromatic N) is 1. The van der Waals surface area contributed by atoms with Gasteiger partial charge in [0.1, 0.15) is 5.52 Å². The van der Waals surface area contributed by atoms with Gasteiger partial charge >= 0.3 is 0 Å². The number of thiophene rings is 1. The maximum Gasteiger partial charge on any atom is 0.293 e. The summed E-state index contributed by atoms with van der Waals surface area (Å²) in [7, 11) is 0. The molecule has 4 rings (SSSR count). The molecule has 88 valence electrons. The first kappa shape index (κ1) is 10.6. The molecule has 5 heteroatoms. The van der Waals surface area contributed by atoms with Crippen LogP contribution in [-0.2, 0) is 0 Å². The van der Waals surface area contributed by atoms with Gasteiger partial charge in [-0.3, -0.25) is 0 Å². The average Bonchev–Trinajstić information content (AvgIpc) is 2.83. The van der Waals surface area contributed by atoms with Crippen LogP contribution in [-0.4, -0.2) is 4.98 Å². The van der Waals surface area contributed by atoms with Crippen molar-refractivity contribution in [1.82, 2.24) is 4.98 Å². The van der Waals surface area contributed by atoms with Crippen LogP contribution < -0.4 is 0 Å². The molecule has 0 unspecified atom stereocenters. The van der Waals surface area contributed by atoms with Gasteiger partial charge in [-0.25, -0.2) is 0 Å². The number of hydrogen-bond donors (Lipinski definition) is 0. The molecule has 0 saturated heterocycles. The third-order valence-electron chi connectivity index (χ3n) is 2.92. The van der Waals surface area contributed by atoms with Crippen molar-refractivity contribution in [1.29, 1.82) is 0 Å². The fourth-order valence-electron chi connectivity index (χ4n) is 2.14. The van der Waals surface area contributed by atoms with Crippen LogP contribution in [0.4, 0.5) is 0 Å². The molecule has 2 aromatic carbocycles. The van der Waals surface area contributed by atoms with Crippen LogP contribution in [0.25, 0.3) is 31.3 Å². The molecule has 0 spiro atoms. The third kappa shape index (κ3) is 1.45. The highest BCUT2D eigenvalue weighted by Crippen LogP contribution is 2.37. The Morgan fingerprint density at radius 1 is 1.00 bits per heavy atom. The number of aromatic nitrogens is 1. The number of oxazole rings is 1. The molecule has 0 aliphatic carbocycles. The van der Waals surface area contributed by atoms with E-state index in [1.165, 1.54) is 5.39 Å². The van der Waals surface area contributed by atoms with Gasteiger partial charge < -0.3 is 4.42 Å². The van der Waals surface area contributed by atoms with E-state index < -0.39 is 0 Å². The fraction of sp³-hybridized carbons (Fsp3) is 0. The van der Waals surface area contributed by atoms with Crippen molar-refractivity contribution in [3.63, 3.8) is 0 Å². The van der Waals surface area contributed by atoms with Crippen LogP contribution in [0.1, 0.15) is 0 Å². The molecular weight excluding hydrogens is 289 g/mol. The topological polar surface area (TPSA) is 26.0 Å². The lowest BCUT2D eigenvalue weighted by atomic mass is 10.1. The predicted molar refractivity (Wildman–Crippen MR) is 76.9 cm³/mol. The molecule has 0 fully saturated rings. The lowest BCUT2D eigenvalue weighted by Crippen LogP contribution is -1.69. The number of halogens is 2. The van der Waals surface area contributed by atoms with E-state index in [4.69, 9.17) is 27.6 Å². The van der Waals surface area contributed by atoms with Crippen molar-refractivity contribution in [2.24, 2.45) is 0 Å². The molecule has 2 aromatic heterocycles. The van der Waals surface area contributed by atoms with Gasteiger partial charge in [-0.1, -0.05) is 17.7 Å². The van der Waals surface area contributed by atoms with Crippen LogP contribution in [0.2, 0.25) is 10.4 Å². The zero-order valence-corrected chi connectivity index (χ0v) is 11.2. The SMILES string of the molecule is Clc1ccc2c(c1)sc1cc3nc(Cl)oc3cc12. The lowest BCUT2D eigenvalue weighted by Gasteiger charge is -1.92. The van der Waals surface area contributed by atoms with E-state index in [1.54, 1.807) is 11.3 Å². The van der Waals surface area contributed by atoms with Gasteiger partial charge in [0.15, 0.2) is 5.58 Å². The molecule has 0 aliphatic heterocycles. The number of hydrogen-bond acceptors (Lipinski definition) is 3. The van der Waals surface area contributed by atoms with Gasteiger partial charge in [0.25, 0.3) is 5.35 Å². The van der Waals surface area contributed by atoms with E-state index >= 15 is 0 Å². The quantitative estimate of drug-likeness (QED) is 0.428. The Morgan fingerprint density at radius 2 is 1.83 bits per heavy atom. The number of fused-ring (bicyclic) bond motifs is 4. The first-order valence-electron chi connectivity index (χ1n) is 5.28. The summed E-state index contributed by atoms with van der Waals surface area (Å²) >= 11 is 13.5. The zero-order chi connectivity index (χ0) is 12.3. The van der Waals surface area contributed by atoms with Crippen LogP contribution in [0.15, 0.2) is 34.7 Å². The molecule has 18 heavy (non-hydrogen) atoms. The van der Waals surface area contributed by atoms with E-state index in [0.717, 1.165) is 25.3 Å². The van der Waals surface area contributed by atoms with Crippen LogP contribution in [0, 0.1) is 0 Å². The normalized spacial score (nSPS) is 11.9. The smallest absolute Gasteiger partial charge is 0.293 e. The molecule has 4 aromatic rings. The Labute approximate surface area is 116 Å². The highest BCUT2D eigenvalue weighted by Gasteiger charge is 2.10. The third-order valence-corrected chi connectivity index (χ3v) is 4.43. The lowest BCUT2D eigenvalue weighted by molar-refractivity contribution is 0.605. The summed E-state index contributed by atoms with van der Waals surface area (Å²) in [6, 6.07) is 9.88. The number of rotatable bonds is 0. The summed E-state index contributed by atoms with van der Waals surface area (Å²) in [4.78, 5) is 4.13. The molecule has 0 N–H and O–H groups in total. The van der Waals surface area contributed by atoms with Gasteiger partial charge in [-0.05, 0) is 35.9 Å². The van der Waals surface area contributed by atoms with E-state index in [2.05, 4.69) is 4.98 Å². The van der Waals surface area contributed by atoms with Crippen molar-refractivity contribution < 1.29 is 4.42 Å². The molecule has 2 nitrogen and oxygen atoms in total. The van der Waals surface area contributed by atoms with Gasteiger partial charge in [-0.2, -0.15) is 4.98 Å². The average molecular weight is 294 g/mol. The Hall–Kier alpha value is -1.29. The second-order valence-corrected chi connectivity index (χ2v) is 5.87. The summed E-state index contributed by atoms with van der Waals surface area (Å²) in [5.41, 5.74) is 1.49. The van der Waals surface area contributed by atoms with Crippen LogP contribution >= 0.6 is 34.5 Å². The van der Waals surface area contributed by atoms with Gasteiger partial charge in [-0.15, -0.1) is 11.3 Å². The Bertz CT molecular complexity index is 909. The summed E-state index contributed by atoms with van der Waals surface area (Å²) < 4.78 is 7.67. The molecular formula is C13H5Cl2NOS. The van der Waals surface area contributed by atoms with Crippen LogP contribution in [0.3, 0.4) is 0 Å². The Morgan fingerprint density at radius 3 is 2.72 bits per heavy atom. The van der Waals surface area contributed by atoms with Gasteiger partial charge in [0, 0.05) is 25.2 Å². The summed E-state index contributed by atoms with van der Waals surface area (Å²) in [6.45, 7) is 0. The summed E-state index contributed by atoms with van der Waals surface area (Å²) in [5.74, 6) is 0. The molecule has 0 atom stereocenters. The van der Waals surface area contributed by atoms with Crippen molar-refractivity contribution in [2.45, 2.75) is 0 Å². The monoisotopic (exact) mass is 293 g/mol. The Kier molecular flexibility index (Phi) is 2.13. The summed E-state index contributed by atoms with van der Waals surface area (Å²) in [5, 5.41) is 3.25. The van der Waals surface area contributed by atoms with Crippen molar-refractivity contribution in [3.05, 3.63) is 40.7 Å². The second kappa shape index (κ2) is 3.60.